The first-order valence-electron chi connectivity index (χ1n) is 11.7. The molecule has 0 unspecified atom stereocenters. The predicted molar refractivity (Wildman–Crippen MR) is 143 cm³/mol. The molecule has 0 radical (unpaired) electrons. The lowest BCUT2D eigenvalue weighted by Gasteiger charge is -2.31. The molecule has 2 heterocycles. The highest BCUT2D eigenvalue weighted by atomic mass is 32.1. The molecule has 1 aliphatic rings. The number of aromatic nitrogens is 1. The van der Waals surface area contributed by atoms with Gasteiger partial charge in [-0.25, -0.2) is 4.99 Å². The molecular formula is C27H36N4O2S+2. The summed E-state index contributed by atoms with van der Waals surface area (Å²) >= 11 is 1.77. The van der Waals surface area contributed by atoms with E-state index in [1.54, 1.807) is 25.6 Å². The molecule has 4 rings (SSSR count). The number of quaternary nitrogens is 1. The Labute approximate surface area is 207 Å². The van der Waals surface area contributed by atoms with Gasteiger partial charge in [-0.1, -0.05) is 23.5 Å². The number of methoxy groups -OCH3 is 2. The lowest BCUT2D eigenvalue weighted by molar-refractivity contribution is -0.870. The minimum absolute atomic E-state index is 0.711. The van der Waals surface area contributed by atoms with Crippen molar-refractivity contribution >= 4 is 44.8 Å². The Morgan fingerprint density at radius 3 is 2.50 bits per heavy atom. The van der Waals surface area contributed by atoms with E-state index in [4.69, 9.17) is 14.5 Å². The van der Waals surface area contributed by atoms with Gasteiger partial charge in [-0.15, -0.1) is 0 Å². The van der Waals surface area contributed by atoms with Gasteiger partial charge in [0.2, 0.25) is 5.52 Å². The number of fused-ring (bicyclic) bond motifs is 2. The van der Waals surface area contributed by atoms with E-state index in [9.17, 15) is 0 Å². The van der Waals surface area contributed by atoms with Crippen LogP contribution in [0.3, 0.4) is 0 Å². The standard InChI is InChI=1S/C27H36N4O2S/c1-29-21-15-16-22(32-6)27(33-7)26(21)19(28-24(29)14-10-11-17-31(3,4)5)18-25-30(2)20-12-8-9-13-23(20)34-25/h8-9,12-13,15-16,18H,10-11,14,17H2,1-7H3/q+2. The van der Waals surface area contributed by atoms with Crippen LogP contribution in [-0.2, 0) is 7.05 Å². The Morgan fingerprint density at radius 1 is 1.06 bits per heavy atom. The zero-order valence-corrected chi connectivity index (χ0v) is 22.2. The number of thiazole rings is 1. The first-order valence-corrected chi connectivity index (χ1v) is 12.5. The molecule has 0 bridgehead atoms. The van der Waals surface area contributed by atoms with Gasteiger partial charge in [0.05, 0.1) is 58.9 Å². The van der Waals surface area contributed by atoms with Gasteiger partial charge in [-0.05, 0) is 31.0 Å². The molecule has 0 aliphatic carbocycles. The van der Waals surface area contributed by atoms with Gasteiger partial charge in [0.15, 0.2) is 11.5 Å². The largest absolute Gasteiger partial charge is 0.493 e. The molecule has 0 spiro atoms. The maximum Gasteiger partial charge on any atom is 0.264 e. The van der Waals surface area contributed by atoms with Crippen LogP contribution in [0.4, 0.5) is 5.69 Å². The monoisotopic (exact) mass is 480 g/mol. The molecule has 180 valence electrons. The van der Waals surface area contributed by atoms with Crippen molar-refractivity contribution in [1.29, 1.82) is 0 Å². The van der Waals surface area contributed by atoms with Crippen molar-refractivity contribution < 1.29 is 18.5 Å². The quantitative estimate of drug-likeness (QED) is 0.260. The summed E-state index contributed by atoms with van der Waals surface area (Å²) in [5.41, 5.74) is 4.18. The Morgan fingerprint density at radius 2 is 1.82 bits per heavy atom. The lowest BCUT2D eigenvalue weighted by Crippen LogP contribution is -2.35. The van der Waals surface area contributed by atoms with Gasteiger partial charge in [0, 0.05) is 25.6 Å². The Bertz CT molecular complexity index is 1250. The molecular weight excluding hydrogens is 444 g/mol. The van der Waals surface area contributed by atoms with Crippen LogP contribution in [0.25, 0.3) is 22.0 Å². The second-order valence-electron chi connectivity index (χ2n) is 9.75. The number of aryl methyl sites for hydroxylation is 1. The van der Waals surface area contributed by atoms with Crippen LogP contribution in [0.1, 0.15) is 29.8 Å². The smallest absolute Gasteiger partial charge is 0.264 e. The third-order valence-electron chi connectivity index (χ3n) is 6.29. The first-order chi connectivity index (χ1) is 16.2. The molecule has 0 saturated carbocycles. The molecule has 6 nitrogen and oxygen atoms in total. The second kappa shape index (κ2) is 9.76. The van der Waals surface area contributed by atoms with Crippen LogP contribution in [0, 0.1) is 0 Å². The van der Waals surface area contributed by atoms with Crippen LogP contribution in [0.5, 0.6) is 11.5 Å². The van der Waals surface area contributed by atoms with Crippen LogP contribution >= 0.6 is 11.3 Å². The number of hydrogen-bond acceptors (Lipinski definition) is 5. The molecule has 2 aromatic carbocycles. The van der Waals surface area contributed by atoms with Gasteiger partial charge in [0.1, 0.15) is 17.6 Å². The number of ether oxygens (including phenoxy) is 2. The summed E-state index contributed by atoms with van der Waals surface area (Å²) < 4.78 is 15.9. The minimum Gasteiger partial charge on any atom is -0.493 e. The van der Waals surface area contributed by atoms with Crippen LogP contribution < -0.4 is 18.9 Å². The average Bonchev–Trinajstić information content (AvgIpc) is 3.13. The molecule has 0 atom stereocenters. The van der Waals surface area contributed by atoms with E-state index in [0.717, 1.165) is 57.4 Å². The van der Waals surface area contributed by atoms with E-state index in [1.807, 2.05) is 6.07 Å². The molecule has 0 amide bonds. The topological polar surface area (TPSA) is 37.9 Å². The second-order valence-corrected chi connectivity index (χ2v) is 10.8. The number of amidine groups is 1. The van der Waals surface area contributed by atoms with Crippen molar-refractivity contribution in [2.24, 2.45) is 12.0 Å². The van der Waals surface area contributed by atoms with Gasteiger partial charge in [-0.2, -0.15) is 4.57 Å². The highest BCUT2D eigenvalue weighted by Crippen LogP contribution is 2.45. The minimum atomic E-state index is 0.711. The van der Waals surface area contributed by atoms with Gasteiger partial charge >= 0.3 is 0 Å². The van der Waals surface area contributed by atoms with Gasteiger partial charge in [-0.3, -0.25) is 0 Å². The maximum absolute atomic E-state index is 5.84. The van der Waals surface area contributed by atoms with Crippen LogP contribution in [-0.4, -0.2) is 59.3 Å². The Kier molecular flexibility index (Phi) is 6.96. The first kappa shape index (κ1) is 24.2. The van der Waals surface area contributed by atoms with E-state index in [1.165, 1.54) is 16.6 Å². The number of hydrogen-bond donors (Lipinski definition) is 0. The van der Waals surface area contributed by atoms with E-state index >= 15 is 0 Å². The van der Waals surface area contributed by atoms with Crippen molar-refractivity contribution in [2.75, 3.05) is 53.9 Å². The molecule has 3 aromatic rings. The predicted octanol–water partition coefficient (Wildman–Crippen LogP) is 4.97. The third kappa shape index (κ3) is 4.81. The molecule has 7 heteroatoms. The summed E-state index contributed by atoms with van der Waals surface area (Å²) in [5, 5.41) is 1.14. The van der Waals surface area contributed by atoms with E-state index in [0.29, 0.717) is 5.75 Å². The fraction of sp³-hybridized carbons (Fsp3) is 0.407. The number of para-hydroxylation sites is 1. The molecule has 0 N–H and O–H groups in total. The third-order valence-corrected chi connectivity index (χ3v) is 7.45. The van der Waals surface area contributed by atoms with Gasteiger partial charge < -0.3 is 18.9 Å². The highest BCUT2D eigenvalue weighted by Gasteiger charge is 2.28. The zero-order chi connectivity index (χ0) is 24.5. The maximum atomic E-state index is 5.84. The summed E-state index contributed by atoms with van der Waals surface area (Å²) in [5.74, 6) is 2.51. The number of benzene rings is 2. The summed E-state index contributed by atoms with van der Waals surface area (Å²) in [6, 6.07) is 12.6. The molecule has 34 heavy (non-hydrogen) atoms. The van der Waals surface area contributed by atoms with E-state index in [-0.39, 0.29) is 0 Å². The van der Waals surface area contributed by atoms with Crippen LogP contribution in [0.15, 0.2) is 41.4 Å². The fourth-order valence-corrected chi connectivity index (χ4v) is 5.50. The number of aliphatic imine (C=N–C) groups is 1. The summed E-state index contributed by atoms with van der Waals surface area (Å²) in [4.78, 5) is 7.39. The number of anilines is 1. The number of rotatable bonds is 8. The molecule has 1 aliphatic heterocycles. The van der Waals surface area contributed by atoms with E-state index < -0.39 is 0 Å². The van der Waals surface area contributed by atoms with Crippen molar-refractivity contribution in [1.82, 2.24) is 0 Å². The fourth-order valence-electron chi connectivity index (χ4n) is 4.41. The van der Waals surface area contributed by atoms with Crippen molar-refractivity contribution in [2.45, 2.75) is 19.3 Å². The normalized spacial score (nSPS) is 15.0. The van der Waals surface area contributed by atoms with Gasteiger partial charge in [0.25, 0.3) is 5.01 Å². The number of unbranched alkanes of at least 4 members (excludes halogenated alkanes) is 1. The summed E-state index contributed by atoms with van der Waals surface area (Å²) in [6.07, 6.45) is 5.38. The highest BCUT2D eigenvalue weighted by molar-refractivity contribution is 7.18. The molecule has 1 aromatic heterocycles. The zero-order valence-electron chi connectivity index (χ0n) is 21.4. The SMILES string of the molecule is COc1ccc2c(c1OC)/C(=C/c1sc3ccccc3[n+]1C)N=C(CCCC[N+](C)(C)C)N2C. The Hall–Kier alpha value is -2.90. The summed E-state index contributed by atoms with van der Waals surface area (Å²) in [6.45, 7) is 1.15. The van der Waals surface area contributed by atoms with E-state index in [2.05, 4.69) is 81.1 Å². The van der Waals surface area contributed by atoms with Crippen molar-refractivity contribution in [3.05, 3.63) is 47.0 Å². The molecule has 0 fully saturated rings. The lowest BCUT2D eigenvalue weighted by atomic mass is 10.0. The number of nitrogens with zero attached hydrogens (tertiary/aromatic N) is 4. The van der Waals surface area contributed by atoms with Crippen molar-refractivity contribution in [3.8, 4) is 11.5 Å². The Balaban J connectivity index is 1.79. The summed E-state index contributed by atoms with van der Waals surface area (Å²) in [7, 11) is 14.3. The average molecular weight is 481 g/mol. The molecule has 0 saturated heterocycles. The van der Waals surface area contributed by atoms with Crippen molar-refractivity contribution in [3.63, 3.8) is 0 Å². The van der Waals surface area contributed by atoms with Crippen LogP contribution in [0.2, 0.25) is 0 Å².